The van der Waals surface area contributed by atoms with E-state index in [2.05, 4.69) is 43.9 Å². The Kier molecular flexibility index (Phi) is 5.51. The van der Waals surface area contributed by atoms with Crippen LogP contribution < -0.4 is 15.5 Å². The average molecular weight is 428 g/mol. The highest BCUT2D eigenvalue weighted by Crippen LogP contribution is 2.37. The highest BCUT2D eigenvalue weighted by atomic mass is 16.3. The number of aromatic nitrogens is 3. The molecule has 0 atom stereocenters. The number of hydrogen-bond acceptors (Lipinski definition) is 6. The summed E-state index contributed by atoms with van der Waals surface area (Å²) in [5.74, 6) is -0.0206. The van der Waals surface area contributed by atoms with Gasteiger partial charge >= 0.3 is 0 Å². The van der Waals surface area contributed by atoms with Crippen LogP contribution in [0.3, 0.4) is 0 Å². The summed E-state index contributed by atoms with van der Waals surface area (Å²) in [4.78, 5) is 22.6. The van der Waals surface area contributed by atoms with Gasteiger partial charge in [0.15, 0.2) is 0 Å². The molecule has 0 unspecified atom stereocenters. The molecule has 0 bridgehead atoms. The Morgan fingerprint density at radius 2 is 1.97 bits per heavy atom. The molecular weight excluding hydrogens is 404 g/mol. The van der Waals surface area contributed by atoms with Crippen LogP contribution >= 0.6 is 0 Å². The van der Waals surface area contributed by atoms with E-state index in [-0.39, 0.29) is 11.7 Å². The summed E-state index contributed by atoms with van der Waals surface area (Å²) in [6, 6.07) is 13.2. The maximum absolute atomic E-state index is 11.9. The third-order valence-electron chi connectivity index (χ3n) is 5.11. The topological polar surface area (TPSA) is 95.3 Å². The van der Waals surface area contributed by atoms with Gasteiger partial charge in [0.05, 0.1) is 22.8 Å². The van der Waals surface area contributed by atoms with Crippen LogP contribution in [0.5, 0.6) is 5.75 Å². The lowest BCUT2D eigenvalue weighted by molar-refractivity contribution is -0.111. The lowest BCUT2D eigenvalue weighted by Crippen LogP contribution is -2.15. The summed E-state index contributed by atoms with van der Waals surface area (Å²) in [6.07, 6.45) is 4.89. The average Bonchev–Trinajstić information content (AvgIpc) is 3.12. The zero-order valence-corrected chi connectivity index (χ0v) is 18.1. The number of benzene rings is 2. The third kappa shape index (κ3) is 3.98. The van der Waals surface area contributed by atoms with Crippen molar-refractivity contribution in [3.05, 3.63) is 67.5 Å². The molecule has 3 N–H and O–H groups in total. The van der Waals surface area contributed by atoms with Crippen LogP contribution in [-0.4, -0.2) is 39.6 Å². The maximum atomic E-state index is 11.9. The quantitative estimate of drug-likeness (QED) is 0.241. The number of aryl methyl sites for hydroxylation is 1. The van der Waals surface area contributed by atoms with Gasteiger partial charge in [-0.3, -0.25) is 4.79 Å². The predicted molar refractivity (Wildman–Crippen MR) is 128 cm³/mol. The molecule has 32 heavy (non-hydrogen) atoms. The number of rotatable bonds is 6. The molecule has 0 saturated heterocycles. The van der Waals surface area contributed by atoms with Crippen LogP contribution in [0, 0.1) is 0 Å². The fourth-order valence-corrected chi connectivity index (χ4v) is 3.57. The molecule has 2 aromatic carbocycles. The molecule has 0 saturated carbocycles. The van der Waals surface area contributed by atoms with Crippen molar-refractivity contribution < 1.29 is 9.90 Å². The van der Waals surface area contributed by atoms with E-state index in [0.29, 0.717) is 23.0 Å². The van der Waals surface area contributed by atoms with Crippen molar-refractivity contribution >= 4 is 39.8 Å². The highest BCUT2D eigenvalue weighted by Gasteiger charge is 2.15. The Balaban J connectivity index is 1.71. The number of phenols is 1. The van der Waals surface area contributed by atoms with Gasteiger partial charge in [0.1, 0.15) is 5.75 Å². The molecule has 0 aliphatic rings. The molecule has 2 aromatic heterocycles. The number of nitrogens with one attached hydrogen (secondary N) is 2. The first-order valence-electron chi connectivity index (χ1n) is 9.99. The van der Waals surface area contributed by atoms with Gasteiger partial charge < -0.3 is 25.2 Å². The van der Waals surface area contributed by atoms with Gasteiger partial charge in [-0.15, -0.1) is 0 Å². The van der Waals surface area contributed by atoms with E-state index < -0.39 is 0 Å². The third-order valence-corrected chi connectivity index (χ3v) is 5.11. The molecule has 162 valence electrons. The minimum atomic E-state index is -0.348. The van der Waals surface area contributed by atoms with Crippen molar-refractivity contribution in [3.8, 4) is 17.0 Å². The Morgan fingerprint density at radius 1 is 1.19 bits per heavy atom. The summed E-state index contributed by atoms with van der Waals surface area (Å²) >= 11 is 0. The van der Waals surface area contributed by atoms with Gasteiger partial charge in [-0.1, -0.05) is 24.8 Å². The van der Waals surface area contributed by atoms with Crippen molar-refractivity contribution in [2.75, 3.05) is 29.6 Å². The first-order valence-corrected chi connectivity index (χ1v) is 9.99. The zero-order valence-electron chi connectivity index (χ0n) is 18.1. The molecule has 0 radical (unpaired) electrons. The number of phenolic OH excluding ortho intramolecular Hbond substituents is 1. The van der Waals surface area contributed by atoms with Gasteiger partial charge in [0.2, 0.25) is 11.9 Å². The number of anilines is 4. The van der Waals surface area contributed by atoms with Crippen molar-refractivity contribution in [2.45, 2.75) is 0 Å². The minimum absolute atomic E-state index is 0.00414. The number of hydrogen-bond donors (Lipinski definition) is 3. The summed E-state index contributed by atoms with van der Waals surface area (Å²) in [5, 5.41) is 17.5. The molecule has 8 nitrogen and oxygen atoms in total. The summed E-state index contributed by atoms with van der Waals surface area (Å²) < 4.78 is 2.06. The largest absolute Gasteiger partial charge is 0.506 e. The Hall–Kier alpha value is -4.33. The molecule has 0 aliphatic heterocycles. The van der Waals surface area contributed by atoms with E-state index in [4.69, 9.17) is 0 Å². The normalized spacial score (nSPS) is 10.7. The predicted octanol–water partition coefficient (Wildman–Crippen LogP) is 4.28. The SMILES string of the molecule is C=CC(=O)Nc1cc(Nc2nccc(-c3cn(C)c4ccccc34)n2)c(O)cc1N(C)C. The molecule has 4 rings (SSSR count). The molecule has 2 heterocycles. The van der Waals surface area contributed by atoms with Crippen LogP contribution in [0.2, 0.25) is 0 Å². The Labute approximate surface area is 185 Å². The molecule has 0 spiro atoms. The van der Waals surface area contributed by atoms with Crippen molar-refractivity contribution in [1.82, 2.24) is 14.5 Å². The fraction of sp³-hybridized carbons (Fsp3) is 0.125. The number of carbonyl (C=O) groups is 1. The van der Waals surface area contributed by atoms with E-state index in [1.54, 1.807) is 23.2 Å². The number of aromatic hydroxyl groups is 1. The van der Waals surface area contributed by atoms with Crippen molar-refractivity contribution in [1.29, 1.82) is 0 Å². The van der Waals surface area contributed by atoms with E-state index in [1.807, 2.05) is 45.5 Å². The molecule has 1 amide bonds. The molecule has 0 fully saturated rings. The Bertz CT molecular complexity index is 1330. The van der Waals surface area contributed by atoms with Gasteiger partial charge in [-0.05, 0) is 24.3 Å². The molecule has 8 heteroatoms. The monoisotopic (exact) mass is 428 g/mol. The fourth-order valence-electron chi connectivity index (χ4n) is 3.57. The second-order valence-corrected chi connectivity index (χ2v) is 7.54. The summed E-state index contributed by atoms with van der Waals surface area (Å²) in [6.45, 7) is 3.49. The maximum Gasteiger partial charge on any atom is 0.247 e. The second-order valence-electron chi connectivity index (χ2n) is 7.54. The summed E-state index contributed by atoms with van der Waals surface area (Å²) in [7, 11) is 5.64. The molecular formula is C24H24N6O2. The van der Waals surface area contributed by atoms with Crippen LogP contribution in [0.4, 0.5) is 23.0 Å². The number of para-hydroxylation sites is 1. The zero-order chi connectivity index (χ0) is 22.8. The van der Waals surface area contributed by atoms with Crippen LogP contribution in [0.25, 0.3) is 22.2 Å². The standard InChI is InChI=1S/C24H24N6O2/c1-5-23(32)26-18-12-19(22(31)13-21(18)29(2)3)28-24-25-11-10-17(27-24)16-14-30(4)20-9-7-6-8-15(16)20/h5-14,31H,1H2,2-4H3,(H,26,32)(H,25,27,28). The van der Waals surface area contributed by atoms with Gasteiger partial charge in [-0.25, -0.2) is 9.97 Å². The van der Waals surface area contributed by atoms with E-state index >= 15 is 0 Å². The second kappa shape index (κ2) is 8.43. The number of carbonyl (C=O) groups excluding carboxylic acids is 1. The van der Waals surface area contributed by atoms with Crippen LogP contribution in [0.15, 0.2) is 67.5 Å². The van der Waals surface area contributed by atoms with Crippen LogP contribution in [0.1, 0.15) is 0 Å². The number of nitrogens with zero attached hydrogens (tertiary/aromatic N) is 4. The summed E-state index contributed by atoms with van der Waals surface area (Å²) in [5.41, 5.74) is 4.38. The van der Waals surface area contributed by atoms with Crippen molar-refractivity contribution in [3.63, 3.8) is 0 Å². The van der Waals surface area contributed by atoms with Gasteiger partial charge in [-0.2, -0.15) is 0 Å². The molecule has 0 aliphatic carbocycles. The number of fused-ring (bicyclic) bond motifs is 1. The van der Waals surface area contributed by atoms with E-state index in [9.17, 15) is 9.90 Å². The lowest BCUT2D eigenvalue weighted by atomic mass is 10.1. The number of amides is 1. The van der Waals surface area contributed by atoms with E-state index in [0.717, 1.165) is 22.2 Å². The van der Waals surface area contributed by atoms with Gasteiger partial charge in [0.25, 0.3) is 0 Å². The van der Waals surface area contributed by atoms with E-state index in [1.165, 1.54) is 6.08 Å². The first kappa shape index (κ1) is 20.9. The van der Waals surface area contributed by atoms with Crippen molar-refractivity contribution in [2.24, 2.45) is 7.05 Å². The molecule has 4 aromatic rings. The van der Waals surface area contributed by atoms with Crippen LogP contribution in [-0.2, 0) is 11.8 Å². The van der Waals surface area contributed by atoms with Gasteiger partial charge in [0, 0.05) is 56.1 Å². The minimum Gasteiger partial charge on any atom is -0.506 e. The Morgan fingerprint density at radius 3 is 2.72 bits per heavy atom. The first-order chi connectivity index (χ1) is 15.4. The highest BCUT2D eigenvalue weighted by molar-refractivity contribution is 6.02. The lowest BCUT2D eigenvalue weighted by Gasteiger charge is -2.20. The smallest absolute Gasteiger partial charge is 0.247 e.